The van der Waals surface area contributed by atoms with Crippen LogP contribution in [0, 0.1) is 5.92 Å². The predicted molar refractivity (Wildman–Crippen MR) is 156 cm³/mol. The summed E-state index contributed by atoms with van der Waals surface area (Å²) in [5, 5.41) is 6.71. The van der Waals surface area contributed by atoms with Crippen LogP contribution in [0.15, 0.2) is 30.5 Å². The van der Waals surface area contributed by atoms with Gasteiger partial charge >= 0.3 is 6.09 Å². The second-order valence-corrected chi connectivity index (χ2v) is 12.2. The Morgan fingerprint density at radius 3 is 2.69 bits per heavy atom. The van der Waals surface area contributed by atoms with Crippen LogP contribution < -0.4 is 20.1 Å². The number of carbonyl (C=O) groups excluding carboxylic acids is 2. The summed E-state index contributed by atoms with van der Waals surface area (Å²) in [5.74, 6) is 1.97. The third-order valence-electron chi connectivity index (χ3n) is 5.72. The third-order valence-corrected chi connectivity index (χ3v) is 6.86. The van der Waals surface area contributed by atoms with Crippen LogP contribution >= 0.6 is 22.9 Å². The largest absolute Gasteiger partial charge is 0.493 e. The summed E-state index contributed by atoms with van der Waals surface area (Å²) in [5.41, 5.74) is -0.492. The minimum absolute atomic E-state index is 0.0200. The maximum atomic E-state index is 12.2. The molecular formula is C29H40ClN3O5S. The first kappa shape index (κ1) is 30.8. The molecule has 0 radical (unpaired) electrons. The molecule has 0 spiro atoms. The molecule has 10 heteroatoms. The van der Waals surface area contributed by atoms with Crippen LogP contribution in [0.25, 0.3) is 6.08 Å². The molecule has 3 rings (SSSR count). The van der Waals surface area contributed by atoms with Crippen molar-refractivity contribution in [1.29, 1.82) is 0 Å². The molecule has 1 heterocycles. The topological polar surface area (TPSA) is 98.8 Å². The van der Waals surface area contributed by atoms with Crippen molar-refractivity contribution in [3.63, 3.8) is 0 Å². The molecule has 2 aromatic rings. The number of unbranched alkanes of at least 4 members (excludes halogenated alkanes) is 3. The molecule has 2 amide bonds. The maximum Gasteiger partial charge on any atom is 0.407 e. The highest BCUT2D eigenvalue weighted by Crippen LogP contribution is 2.35. The van der Waals surface area contributed by atoms with Gasteiger partial charge in [-0.3, -0.25) is 4.79 Å². The lowest BCUT2D eigenvalue weighted by Crippen LogP contribution is -2.33. The molecule has 1 fully saturated rings. The van der Waals surface area contributed by atoms with E-state index >= 15 is 0 Å². The Bertz CT molecular complexity index is 1110. The normalized spacial score (nSPS) is 14.2. The van der Waals surface area contributed by atoms with Gasteiger partial charge in [-0.25, -0.2) is 9.78 Å². The van der Waals surface area contributed by atoms with Gasteiger partial charge in [-0.2, -0.15) is 0 Å². The summed E-state index contributed by atoms with van der Waals surface area (Å²) in [4.78, 5) is 29.1. The number of ether oxygens (including phenoxy) is 3. The van der Waals surface area contributed by atoms with E-state index in [4.69, 9.17) is 25.8 Å². The molecule has 0 aliphatic heterocycles. The van der Waals surface area contributed by atoms with Gasteiger partial charge in [-0.05, 0) is 77.5 Å². The second-order valence-electron chi connectivity index (χ2n) is 10.8. The van der Waals surface area contributed by atoms with E-state index in [1.165, 1.54) is 24.2 Å². The van der Waals surface area contributed by atoms with E-state index in [0.717, 1.165) is 42.9 Å². The molecule has 0 saturated heterocycles. The SMILES string of the molecule is C[C@@H](/C=C/c1cnc(Oc2ccc(OCC3CC3)cc2Cl)s1)NC(=O)CCCCCCNC(=O)OC(C)(C)C. The van der Waals surface area contributed by atoms with Gasteiger partial charge in [0.25, 0.3) is 5.19 Å². The van der Waals surface area contributed by atoms with Crippen LogP contribution in [0.5, 0.6) is 16.7 Å². The second kappa shape index (κ2) is 15.1. The Morgan fingerprint density at radius 2 is 1.97 bits per heavy atom. The van der Waals surface area contributed by atoms with Gasteiger partial charge in [-0.1, -0.05) is 41.9 Å². The highest BCUT2D eigenvalue weighted by Gasteiger charge is 2.22. The standard InChI is InChI=1S/C29H40ClN3O5S/c1-20(33-26(34)9-7-5-6-8-16-31-27(35)38-29(2,3)4)10-14-23-18-32-28(39-23)37-25-15-13-22(17-24(25)30)36-19-21-11-12-21/h10,13-15,17-18,20-21H,5-9,11-12,16,19H2,1-4H3,(H,31,35)(H,33,34)/b14-10+/t20-/m0/s1. The molecule has 8 nitrogen and oxygen atoms in total. The van der Waals surface area contributed by atoms with Gasteiger partial charge in [0, 0.05) is 31.3 Å². The zero-order valence-electron chi connectivity index (χ0n) is 23.3. The first-order valence-corrected chi connectivity index (χ1v) is 14.8. The fourth-order valence-electron chi connectivity index (χ4n) is 3.52. The fraction of sp³-hybridized carbons (Fsp3) is 0.552. The van der Waals surface area contributed by atoms with Crippen molar-refractivity contribution in [3.8, 4) is 16.7 Å². The van der Waals surface area contributed by atoms with E-state index in [1.54, 1.807) is 18.3 Å². The molecule has 214 valence electrons. The fourth-order valence-corrected chi connectivity index (χ4v) is 4.42. The van der Waals surface area contributed by atoms with E-state index in [-0.39, 0.29) is 11.9 Å². The van der Waals surface area contributed by atoms with E-state index < -0.39 is 11.7 Å². The van der Waals surface area contributed by atoms with Gasteiger partial charge in [0.1, 0.15) is 17.1 Å². The predicted octanol–water partition coefficient (Wildman–Crippen LogP) is 7.37. The summed E-state index contributed by atoms with van der Waals surface area (Å²) in [6.07, 6.45) is 11.7. The molecule has 1 aliphatic rings. The molecule has 1 aliphatic carbocycles. The number of nitrogens with zero attached hydrogens (tertiary/aromatic N) is 1. The molecule has 1 atom stereocenters. The molecule has 1 aromatic heterocycles. The number of benzene rings is 1. The van der Waals surface area contributed by atoms with E-state index in [0.29, 0.717) is 34.8 Å². The first-order valence-electron chi connectivity index (χ1n) is 13.6. The van der Waals surface area contributed by atoms with Crippen molar-refractivity contribution in [2.45, 2.75) is 84.3 Å². The molecule has 1 saturated carbocycles. The van der Waals surface area contributed by atoms with Crippen LogP contribution in [0.3, 0.4) is 0 Å². The molecule has 2 N–H and O–H groups in total. The van der Waals surface area contributed by atoms with E-state index in [9.17, 15) is 9.59 Å². The Kier molecular flexibility index (Phi) is 11.9. The molecular weight excluding hydrogens is 538 g/mol. The number of alkyl carbamates (subject to hydrolysis) is 1. The zero-order chi connectivity index (χ0) is 28.3. The Labute approximate surface area is 240 Å². The molecule has 1 aromatic carbocycles. The average molecular weight is 578 g/mol. The van der Waals surface area contributed by atoms with Gasteiger partial charge in [0.2, 0.25) is 5.91 Å². The van der Waals surface area contributed by atoms with Crippen molar-refractivity contribution >= 4 is 41.0 Å². The Balaban J connectivity index is 1.29. The number of hydrogen-bond donors (Lipinski definition) is 2. The van der Waals surface area contributed by atoms with Crippen LogP contribution in [-0.2, 0) is 9.53 Å². The number of halogens is 1. The monoisotopic (exact) mass is 577 g/mol. The zero-order valence-corrected chi connectivity index (χ0v) is 24.8. The van der Waals surface area contributed by atoms with Crippen LogP contribution in [0.4, 0.5) is 4.79 Å². The number of aromatic nitrogens is 1. The summed E-state index contributed by atoms with van der Waals surface area (Å²) in [6, 6.07) is 5.30. The van der Waals surface area contributed by atoms with Crippen molar-refractivity contribution in [1.82, 2.24) is 15.6 Å². The van der Waals surface area contributed by atoms with Crippen LogP contribution in [0.1, 0.15) is 77.5 Å². The van der Waals surface area contributed by atoms with Crippen LogP contribution in [0.2, 0.25) is 5.02 Å². The van der Waals surface area contributed by atoms with E-state index in [1.807, 2.05) is 45.9 Å². The number of thiazole rings is 1. The number of rotatable bonds is 15. The lowest BCUT2D eigenvalue weighted by atomic mass is 10.1. The molecule has 0 unspecified atom stereocenters. The highest BCUT2D eigenvalue weighted by molar-refractivity contribution is 7.14. The number of carbonyl (C=O) groups is 2. The van der Waals surface area contributed by atoms with Crippen molar-refractivity contribution in [3.05, 3.63) is 40.4 Å². The van der Waals surface area contributed by atoms with Crippen molar-refractivity contribution < 1.29 is 23.8 Å². The minimum atomic E-state index is -0.492. The lowest BCUT2D eigenvalue weighted by Gasteiger charge is -2.19. The van der Waals surface area contributed by atoms with Gasteiger partial charge < -0.3 is 24.8 Å². The average Bonchev–Trinajstić information content (AvgIpc) is 3.58. The van der Waals surface area contributed by atoms with E-state index in [2.05, 4.69) is 15.6 Å². The number of amides is 2. The summed E-state index contributed by atoms with van der Waals surface area (Å²) in [7, 11) is 0. The molecule has 39 heavy (non-hydrogen) atoms. The van der Waals surface area contributed by atoms with Crippen molar-refractivity contribution in [2.24, 2.45) is 5.92 Å². The Morgan fingerprint density at radius 1 is 1.21 bits per heavy atom. The Hall–Kier alpha value is -2.78. The quantitative estimate of drug-likeness (QED) is 0.214. The number of nitrogens with one attached hydrogen (secondary N) is 2. The minimum Gasteiger partial charge on any atom is -0.493 e. The van der Waals surface area contributed by atoms with Gasteiger partial charge in [0.15, 0.2) is 0 Å². The van der Waals surface area contributed by atoms with Gasteiger partial charge in [0.05, 0.1) is 16.5 Å². The van der Waals surface area contributed by atoms with Crippen molar-refractivity contribution in [2.75, 3.05) is 13.2 Å². The summed E-state index contributed by atoms with van der Waals surface area (Å²) >= 11 is 7.76. The summed E-state index contributed by atoms with van der Waals surface area (Å²) in [6.45, 7) is 8.74. The lowest BCUT2D eigenvalue weighted by molar-refractivity contribution is -0.121. The first-order chi connectivity index (χ1) is 18.6. The molecule has 0 bridgehead atoms. The summed E-state index contributed by atoms with van der Waals surface area (Å²) < 4.78 is 16.8. The van der Waals surface area contributed by atoms with Gasteiger partial charge in [-0.15, -0.1) is 0 Å². The maximum absolute atomic E-state index is 12.2. The van der Waals surface area contributed by atoms with Crippen LogP contribution in [-0.4, -0.2) is 41.8 Å². The third kappa shape index (κ3) is 12.7. The smallest absolute Gasteiger partial charge is 0.407 e. The number of hydrogen-bond acceptors (Lipinski definition) is 7. The highest BCUT2D eigenvalue weighted by atomic mass is 35.5.